The fourth-order valence-electron chi connectivity index (χ4n) is 4.26. The largest absolute Gasteiger partial charge is 0.383 e. The first kappa shape index (κ1) is 22.7. The summed E-state index contributed by atoms with van der Waals surface area (Å²) in [4.78, 5) is 39.1. The fraction of sp³-hybridized carbons (Fsp3) is 0.160. The van der Waals surface area contributed by atoms with Crippen LogP contribution in [0.5, 0.6) is 0 Å². The van der Waals surface area contributed by atoms with Crippen molar-refractivity contribution in [2.75, 3.05) is 24.1 Å². The van der Waals surface area contributed by atoms with Gasteiger partial charge in [0.1, 0.15) is 23.7 Å². The number of fused-ring (bicyclic) bond motifs is 1. The highest BCUT2D eigenvalue weighted by Gasteiger charge is 2.30. The number of amides is 2. The number of pyridine rings is 1. The highest BCUT2D eigenvalue weighted by molar-refractivity contribution is 6.04. The van der Waals surface area contributed by atoms with Gasteiger partial charge in [-0.2, -0.15) is 10.4 Å². The van der Waals surface area contributed by atoms with Gasteiger partial charge in [-0.05, 0) is 36.8 Å². The molecule has 3 aromatic heterocycles. The maximum atomic E-state index is 12.7. The molecule has 0 saturated carbocycles. The number of nitrogens with zero attached hydrogens (tertiary/aromatic N) is 7. The van der Waals surface area contributed by atoms with Crippen LogP contribution in [0.1, 0.15) is 28.4 Å². The minimum atomic E-state index is -0.361. The van der Waals surface area contributed by atoms with Crippen LogP contribution in [0.25, 0.3) is 22.3 Å². The Labute approximate surface area is 205 Å². The molecule has 3 N–H and O–H groups in total. The van der Waals surface area contributed by atoms with Gasteiger partial charge >= 0.3 is 0 Å². The Kier molecular flexibility index (Phi) is 5.83. The standard InChI is InChI=1S/C25H21N9O2/c1-2-20(35)33-10-8-18(13-33)34-24-21(23(27)29-14-30-24)22(32-34)16-3-5-17(6-4-16)25(36)31-19-11-15(12-26)7-9-28-19/h2-7,9,11,14,18H,1,8,10,13H2,(H2,27,29,30)(H,28,31,36)/t18-/m1/s1. The molecule has 0 spiro atoms. The van der Waals surface area contributed by atoms with E-state index in [0.29, 0.717) is 52.6 Å². The molecule has 0 bridgehead atoms. The summed E-state index contributed by atoms with van der Waals surface area (Å²) in [6.45, 7) is 4.65. The fourth-order valence-corrected chi connectivity index (χ4v) is 4.26. The third kappa shape index (κ3) is 4.12. The van der Waals surface area contributed by atoms with Crippen LogP contribution >= 0.6 is 0 Å². The first-order valence-corrected chi connectivity index (χ1v) is 11.2. The molecule has 11 heteroatoms. The molecule has 0 radical (unpaired) electrons. The lowest BCUT2D eigenvalue weighted by Gasteiger charge is -2.14. The van der Waals surface area contributed by atoms with Gasteiger partial charge in [-0.25, -0.2) is 19.6 Å². The number of carbonyl (C=O) groups is 2. The van der Waals surface area contributed by atoms with Crippen molar-refractivity contribution >= 4 is 34.5 Å². The van der Waals surface area contributed by atoms with Crippen LogP contribution in [0.3, 0.4) is 0 Å². The Morgan fingerprint density at radius 2 is 2.00 bits per heavy atom. The maximum absolute atomic E-state index is 12.7. The van der Waals surface area contributed by atoms with Gasteiger partial charge in [0, 0.05) is 30.4 Å². The van der Waals surface area contributed by atoms with Gasteiger partial charge < -0.3 is 16.0 Å². The molecule has 5 rings (SSSR count). The van der Waals surface area contributed by atoms with Crippen LogP contribution in [-0.2, 0) is 4.79 Å². The Morgan fingerprint density at radius 3 is 2.75 bits per heavy atom. The molecule has 36 heavy (non-hydrogen) atoms. The molecule has 1 fully saturated rings. The zero-order valence-electron chi connectivity index (χ0n) is 19.1. The van der Waals surface area contributed by atoms with Crippen molar-refractivity contribution in [2.45, 2.75) is 12.5 Å². The highest BCUT2D eigenvalue weighted by Crippen LogP contribution is 2.34. The number of aromatic nitrogens is 5. The molecule has 1 atom stereocenters. The number of hydrogen-bond acceptors (Lipinski definition) is 8. The van der Waals surface area contributed by atoms with E-state index in [9.17, 15) is 9.59 Å². The van der Waals surface area contributed by atoms with E-state index in [2.05, 4.69) is 26.8 Å². The molecule has 11 nitrogen and oxygen atoms in total. The molecule has 4 heterocycles. The third-order valence-corrected chi connectivity index (χ3v) is 6.06. The number of benzene rings is 1. The van der Waals surface area contributed by atoms with Crippen molar-refractivity contribution in [3.63, 3.8) is 0 Å². The average Bonchev–Trinajstić information content (AvgIpc) is 3.54. The van der Waals surface area contributed by atoms with Crippen molar-refractivity contribution in [3.8, 4) is 17.3 Å². The topological polar surface area (TPSA) is 156 Å². The predicted molar refractivity (Wildman–Crippen MR) is 133 cm³/mol. The molecular formula is C25H21N9O2. The van der Waals surface area contributed by atoms with Gasteiger partial charge in [-0.15, -0.1) is 0 Å². The molecule has 1 aromatic carbocycles. The number of carbonyl (C=O) groups excluding carboxylic acids is 2. The van der Waals surface area contributed by atoms with Crippen LogP contribution in [-0.4, -0.2) is 54.5 Å². The van der Waals surface area contributed by atoms with Gasteiger partial charge in [0.05, 0.1) is 23.1 Å². The summed E-state index contributed by atoms with van der Waals surface area (Å²) in [6, 6.07) is 11.9. The lowest BCUT2D eigenvalue weighted by atomic mass is 10.1. The number of nitrogens with one attached hydrogen (secondary N) is 1. The summed E-state index contributed by atoms with van der Waals surface area (Å²) in [5.74, 6) is 0.105. The number of nitriles is 1. The summed E-state index contributed by atoms with van der Waals surface area (Å²) in [6.07, 6.45) is 4.88. The highest BCUT2D eigenvalue weighted by atomic mass is 16.2. The van der Waals surface area contributed by atoms with Gasteiger partial charge in [0.25, 0.3) is 5.91 Å². The van der Waals surface area contributed by atoms with Gasteiger partial charge in [-0.3, -0.25) is 9.59 Å². The molecule has 1 saturated heterocycles. The number of rotatable bonds is 5. The van der Waals surface area contributed by atoms with Gasteiger partial charge in [-0.1, -0.05) is 18.7 Å². The molecule has 0 aliphatic carbocycles. The Balaban J connectivity index is 1.44. The Bertz CT molecular complexity index is 1540. The summed E-state index contributed by atoms with van der Waals surface area (Å²) in [5.41, 5.74) is 8.93. The van der Waals surface area contributed by atoms with Crippen LogP contribution < -0.4 is 11.1 Å². The van der Waals surface area contributed by atoms with Crippen LogP contribution in [0.15, 0.2) is 61.6 Å². The van der Waals surface area contributed by atoms with E-state index in [-0.39, 0.29) is 17.9 Å². The van der Waals surface area contributed by atoms with Gasteiger partial charge in [0.2, 0.25) is 5.91 Å². The first-order valence-electron chi connectivity index (χ1n) is 11.2. The molecule has 2 amide bonds. The Hall–Kier alpha value is -5.11. The lowest BCUT2D eigenvalue weighted by molar-refractivity contribution is -0.125. The second kappa shape index (κ2) is 9.27. The van der Waals surface area contributed by atoms with Crippen molar-refractivity contribution in [1.29, 1.82) is 5.26 Å². The monoisotopic (exact) mass is 479 g/mol. The molecule has 4 aromatic rings. The van der Waals surface area contributed by atoms with E-state index in [1.807, 2.05) is 6.07 Å². The van der Waals surface area contributed by atoms with E-state index in [0.717, 1.165) is 12.0 Å². The van der Waals surface area contributed by atoms with Crippen molar-refractivity contribution in [1.82, 2.24) is 29.6 Å². The van der Waals surface area contributed by atoms with Crippen LogP contribution in [0.2, 0.25) is 0 Å². The lowest BCUT2D eigenvalue weighted by Crippen LogP contribution is -2.27. The zero-order valence-corrected chi connectivity index (χ0v) is 19.1. The van der Waals surface area contributed by atoms with E-state index >= 15 is 0 Å². The van der Waals surface area contributed by atoms with E-state index < -0.39 is 0 Å². The molecular weight excluding hydrogens is 458 g/mol. The molecule has 0 unspecified atom stereocenters. The summed E-state index contributed by atoms with van der Waals surface area (Å²) in [5, 5.41) is 17.1. The average molecular weight is 480 g/mol. The van der Waals surface area contributed by atoms with Crippen molar-refractivity contribution in [3.05, 3.63) is 72.7 Å². The SMILES string of the molecule is C=CC(=O)N1CC[C@@H](n2nc(-c3ccc(C(=O)Nc4cc(C#N)ccn4)cc3)c3c(N)ncnc32)C1. The summed E-state index contributed by atoms with van der Waals surface area (Å²) >= 11 is 0. The zero-order chi connectivity index (χ0) is 25.2. The number of nitrogens with two attached hydrogens (primary N) is 1. The molecule has 1 aliphatic heterocycles. The first-order chi connectivity index (χ1) is 17.5. The van der Waals surface area contributed by atoms with Gasteiger partial charge in [0.15, 0.2) is 5.65 Å². The second-order valence-corrected chi connectivity index (χ2v) is 8.25. The minimum Gasteiger partial charge on any atom is -0.383 e. The summed E-state index contributed by atoms with van der Waals surface area (Å²) in [7, 11) is 0. The van der Waals surface area contributed by atoms with E-state index in [1.165, 1.54) is 24.7 Å². The number of anilines is 2. The minimum absolute atomic E-state index is 0.0684. The normalized spacial score (nSPS) is 15.0. The molecule has 1 aliphatic rings. The summed E-state index contributed by atoms with van der Waals surface area (Å²) < 4.78 is 1.80. The number of likely N-dealkylation sites (tertiary alicyclic amines) is 1. The predicted octanol–water partition coefficient (Wildman–Crippen LogP) is 2.55. The van der Waals surface area contributed by atoms with Crippen molar-refractivity contribution < 1.29 is 9.59 Å². The third-order valence-electron chi connectivity index (χ3n) is 6.06. The van der Waals surface area contributed by atoms with Crippen LogP contribution in [0, 0.1) is 11.3 Å². The quantitative estimate of drug-likeness (QED) is 0.414. The smallest absolute Gasteiger partial charge is 0.256 e. The molecule has 178 valence electrons. The Morgan fingerprint density at radius 1 is 1.19 bits per heavy atom. The van der Waals surface area contributed by atoms with E-state index in [4.69, 9.17) is 16.1 Å². The van der Waals surface area contributed by atoms with Crippen molar-refractivity contribution in [2.24, 2.45) is 0 Å². The van der Waals surface area contributed by atoms with E-state index in [1.54, 1.807) is 39.9 Å². The number of nitrogen functional groups attached to an aromatic ring is 1. The second-order valence-electron chi connectivity index (χ2n) is 8.25. The maximum Gasteiger partial charge on any atom is 0.256 e. The van der Waals surface area contributed by atoms with Crippen LogP contribution in [0.4, 0.5) is 11.6 Å². The number of hydrogen-bond donors (Lipinski definition) is 2.